The van der Waals surface area contributed by atoms with Crippen LogP contribution in [-0.2, 0) is 0 Å². The first-order chi connectivity index (χ1) is 27.3. The van der Waals surface area contributed by atoms with Gasteiger partial charge in [0.25, 0.3) is 0 Å². The minimum Gasteiger partial charge on any atom is -0.294 e. The zero-order valence-corrected chi connectivity index (χ0v) is 29.9. The fraction of sp³-hybridized carbons (Fsp3) is 0. The van der Waals surface area contributed by atoms with Crippen LogP contribution < -0.4 is 0 Å². The average Bonchev–Trinajstić information content (AvgIpc) is 3.60. The highest BCUT2D eigenvalue weighted by Gasteiger charge is 2.19. The van der Waals surface area contributed by atoms with Gasteiger partial charge in [-0.2, -0.15) is 0 Å². The van der Waals surface area contributed by atoms with Gasteiger partial charge < -0.3 is 0 Å². The molecule has 3 heteroatoms. The third-order valence-corrected chi connectivity index (χ3v) is 11.0. The molecule has 0 bridgehead atoms. The van der Waals surface area contributed by atoms with Crippen molar-refractivity contribution < 1.29 is 0 Å². The van der Waals surface area contributed by atoms with Crippen molar-refractivity contribution in [2.45, 2.75) is 0 Å². The number of fused-ring (bicyclic) bond motifs is 9. The zero-order valence-electron chi connectivity index (χ0n) is 29.9. The van der Waals surface area contributed by atoms with Gasteiger partial charge in [0.1, 0.15) is 5.82 Å². The quantitative estimate of drug-likeness (QED) is 0.167. The van der Waals surface area contributed by atoms with Crippen LogP contribution in [0.1, 0.15) is 0 Å². The highest BCUT2D eigenvalue weighted by Crippen LogP contribution is 2.40. The second-order valence-electron chi connectivity index (χ2n) is 14.2. The molecule has 9 aromatic carbocycles. The molecular formula is C52H33N3. The second-order valence-corrected chi connectivity index (χ2v) is 14.2. The summed E-state index contributed by atoms with van der Waals surface area (Å²) in [5.41, 5.74) is 9.84. The molecule has 11 rings (SSSR count). The first kappa shape index (κ1) is 31.2. The summed E-state index contributed by atoms with van der Waals surface area (Å²) >= 11 is 0. The van der Waals surface area contributed by atoms with Crippen LogP contribution in [-0.4, -0.2) is 14.5 Å². The van der Waals surface area contributed by atoms with Crippen molar-refractivity contribution in [2.24, 2.45) is 0 Å². The molecule has 0 N–H and O–H groups in total. The minimum absolute atomic E-state index is 0.687. The zero-order chi connectivity index (χ0) is 36.3. The Bertz CT molecular complexity index is 3110. The Labute approximate surface area is 318 Å². The fourth-order valence-corrected chi connectivity index (χ4v) is 8.37. The van der Waals surface area contributed by atoms with E-state index in [2.05, 4.69) is 199 Å². The topological polar surface area (TPSA) is 30.7 Å². The van der Waals surface area contributed by atoms with Crippen LogP contribution in [0.4, 0.5) is 0 Å². The summed E-state index contributed by atoms with van der Waals surface area (Å²) in [7, 11) is 0. The fourth-order valence-electron chi connectivity index (χ4n) is 8.37. The molecule has 0 spiro atoms. The van der Waals surface area contributed by atoms with Crippen LogP contribution in [0.5, 0.6) is 0 Å². The van der Waals surface area contributed by atoms with Crippen LogP contribution in [0, 0.1) is 0 Å². The summed E-state index contributed by atoms with van der Waals surface area (Å²) in [4.78, 5) is 10.7. The van der Waals surface area contributed by atoms with Gasteiger partial charge >= 0.3 is 0 Å². The van der Waals surface area contributed by atoms with Gasteiger partial charge in [-0.3, -0.25) is 4.57 Å². The van der Waals surface area contributed by atoms with E-state index in [-0.39, 0.29) is 0 Å². The SMILES string of the molecule is c1ccc(-c2ccc3c(c2)c2cc(-c4ccccc4)ccc2n3-c2cc(-c3ccccc3)nc(-c3ccc4c5ccccc5c5ccccc5c4c3)n2)cc1. The van der Waals surface area contributed by atoms with E-state index >= 15 is 0 Å². The Morgan fingerprint density at radius 1 is 0.273 bits per heavy atom. The molecule has 3 nitrogen and oxygen atoms in total. The highest BCUT2D eigenvalue weighted by atomic mass is 15.1. The molecule has 0 saturated heterocycles. The van der Waals surface area contributed by atoms with E-state index in [0.717, 1.165) is 33.7 Å². The van der Waals surface area contributed by atoms with E-state index < -0.39 is 0 Å². The van der Waals surface area contributed by atoms with Crippen molar-refractivity contribution in [1.29, 1.82) is 0 Å². The van der Waals surface area contributed by atoms with Crippen molar-refractivity contribution in [2.75, 3.05) is 0 Å². The molecule has 0 fully saturated rings. The van der Waals surface area contributed by atoms with Gasteiger partial charge in [0.15, 0.2) is 5.82 Å². The molecule has 0 aliphatic rings. The third kappa shape index (κ3) is 5.20. The van der Waals surface area contributed by atoms with Gasteiger partial charge in [0.2, 0.25) is 0 Å². The molecule has 0 atom stereocenters. The van der Waals surface area contributed by atoms with E-state index in [1.165, 1.54) is 65.3 Å². The van der Waals surface area contributed by atoms with Crippen LogP contribution in [0.2, 0.25) is 0 Å². The van der Waals surface area contributed by atoms with Crippen molar-refractivity contribution in [1.82, 2.24) is 14.5 Å². The molecule has 55 heavy (non-hydrogen) atoms. The summed E-state index contributed by atoms with van der Waals surface area (Å²) < 4.78 is 2.32. The number of nitrogens with zero attached hydrogens (tertiary/aromatic N) is 3. The van der Waals surface area contributed by atoms with Gasteiger partial charge in [-0.25, -0.2) is 9.97 Å². The molecule has 2 heterocycles. The van der Waals surface area contributed by atoms with Crippen molar-refractivity contribution in [3.8, 4) is 50.7 Å². The van der Waals surface area contributed by atoms with E-state index in [4.69, 9.17) is 9.97 Å². The minimum atomic E-state index is 0.687. The Morgan fingerprint density at radius 2 is 0.691 bits per heavy atom. The largest absolute Gasteiger partial charge is 0.294 e. The number of rotatable bonds is 5. The Balaban J connectivity index is 1.18. The number of aromatic nitrogens is 3. The predicted molar refractivity (Wildman–Crippen MR) is 231 cm³/mol. The average molecular weight is 700 g/mol. The smallest absolute Gasteiger partial charge is 0.162 e. The first-order valence-electron chi connectivity index (χ1n) is 18.7. The van der Waals surface area contributed by atoms with Crippen molar-refractivity contribution >= 4 is 54.1 Å². The lowest BCUT2D eigenvalue weighted by Gasteiger charge is -2.14. The maximum Gasteiger partial charge on any atom is 0.162 e. The molecule has 0 unspecified atom stereocenters. The normalized spacial score (nSPS) is 11.6. The van der Waals surface area contributed by atoms with Gasteiger partial charge in [-0.05, 0) is 84.9 Å². The summed E-state index contributed by atoms with van der Waals surface area (Å²) in [6.07, 6.45) is 0. The van der Waals surface area contributed by atoms with E-state index in [0.29, 0.717) is 5.82 Å². The first-order valence-corrected chi connectivity index (χ1v) is 18.7. The predicted octanol–water partition coefficient (Wildman–Crippen LogP) is 13.7. The summed E-state index contributed by atoms with van der Waals surface area (Å²) in [6.45, 7) is 0. The summed E-state index contributed by atoms with van der Waals surface area (Å²) in [5.74, 6) is 1.51. The van der Waals surface area contributed by atoms with E-state index in [9.17, 15) is 0 Å². The van der Waals surface area contributed by atoms with Gasteiger partial charge in [-0.1, -0.05) is 164 Å². The summed E-state index contributed by atoms with van der Waals surface area (Å²) in [6, 6.07) is 71.5. The summed E-state index contributed by atoms with van der Waals surface area (Å²) in [5, 5.41) is 9.77. The van der Waals surface area contributed by atoms with Gasteiger partial charge in [-0.15, -0.1) is 0 Å². The lowest BCUT2D eigenvalue weighted by Crippen LogP contribution is -2.02. The Kier molecular flexibility index (Phi) is 7.17. The van der Waals surface area contributed by atoms with E-state index in [1.807, 2.05) is 6.07 Å². The van der Waals surface area contributed by atoms with Crippen LogP contribution >= 0.6 is 0 Å². The molecule has 0 radical (unpaired) electrons. The third-order valence-electron chi connectivity index (χ3n) is 11.0. The van der Waals surface area contributed by atoms with Crippen LogP contribution in [0.25, 0.3) is 105 Å². The Morgan fingerprint density at radius 3 is 1.22 bits per heavy atom. The molecule has 2 aromatic heterocycles. The monoisotopic (exact) mass is 699 g/mol. The molecule has 256 valence electrons. The second kappa shape index (κ2) is 12.6. The molecule has 0 amide bonds. The van der Waals surface area contributed by atoms with Crippen LogP contribution in [0.15, 0.2) is 200 Å². The van der Waals surface area contributed by atoms with Crippen LogP contribution in [0.3, 0.4) is 0 Å². The number of hydrogen-bond donors (Lipinski definition) is 0. The highest BCUT2D eigenvalue weighted by molar-refractivity contribution is 6.25. The molecule has 11 aromatic rings. The maximum atomic E-state index is 5.43. The lowest BCUT2D eigenvalue weighted by molar-refractivity contribution is 1.05. The number of benzene rings is 9. The molecular weight excluding hydrogens is 667 g/mol. The van der Waals surface area contributed by atoms with Gasteiger partial charge in [0, 0.05) is 28.0 Å². The maximum absolute atomic E-state index is 5.43. The van der Waals surface area contributed by atoms with Gasteiger partial charge in [0.05, 0.1) is 16.7 Å². The number of hydrogen-bond acceptors (Lipinski definition) is 2. The Hall–Kier alpha value is -7.36. The standard InChI is InChI=1S/C52H33N3/c1-4-14-34(15-5-1)37-25-28-49-46(30-37)47-31-38(35-16-6-2-7-17-35)26-29-50(47)55(49)51-33-48(36-18-8-3-9-19-36)53-52(54-51)39-24-27-44-42-22-11-10-20-40(42)41-21-12-13-23-43(41)45(44)32-39/h1-33H. The molecule has 0 aliphatic carbocycles. The lowest BCUT2D eigenvalue weighted by atomic mass is 9.93. The van der Waals surface area contributed by atoms with Crippen molar-refractivity contribution in [3.63, 3.8) is 0 Å². The molecule has 0 aliphatic heterocycles. The molecule has 0 saturated carbocycles. The van der Waals surface area contributed by atoms with E-state index in [1.54, 1.807) is 0 Å². The van der Waals surface area contributed by atoms with Crippen molar-refractivity contribution in [3.05, 3.63) is 200 Å².